The van der Waals surface area contributed by atoms with E-state index >= 15 is 0 Å². The highest BCUT2D eigenvalue weighted by molar-refractivity contribution is 6.01. The summed E-state index contributed by atoms with van der Waals surface area (Å²) >= 11 is 0. The van der Waals surface area contributed by atoms with Gasteiger partial charge in [-0.05, 0) is 48.1 Å². The van der Waals surface area contributed by atoms with Gasteiger partial charge in [0.15, 0.2) is 0 Å². The number of phenols is 1. The summed E-state index contributed by atoms with van der Waals surface area (Å²) in [5.41, 5.74) is 3.65. The highest BCUT2D eigenvalue weighted by atomic mass is 16.3. The zero-order valence-electron chi connectivity index (χ0n) is 10.4. The van der Waals surface area contributed by atoms with E-state index < -0.39 is 0 Å². The molecule has 0 saturated carbocycles. The van der Waals surface area contributed by atoms with E-state index in [-0.39, 0.29) is 5.41 Å². The lowest BCUT2D eigenvalue weighted by Gasteiger charge is -2.32. The highest BCUT2D eigenvalue weighted by Gasteiger charge is 2.28. The monoisotopic (exact) mass is 217 g/mol. The number of phenolic OH excluding ortho intramolecular Hbond substituents is 1. The standard InChI is InChI=1S/C14H19NO/c1-9-12-6-5-11(16)7-10(12)8-13(15-9)14(2,3)4/h5-7,13,16H,8H2,1-4H3. The molecule has 0 aliphatic carbocycles. The number of aromatic hydroxyl groups is 1. The average molecular weight is 217 g/mol. The van der Waals surface area contributed by atoms with Crippen molar-refractivity contribution in [2.24, 2.45) is 10.4 Å². The molecule has 1 unspecified atom stereocenters. The van der Waals surface area contributed by atoms with E-state index in [1.165, 1.54) is 11.1 Å². The Bertz CT molecular complexity index is 441. The molecule has 2 nitrogen and oxygen atoms in total. The molecule has 1 heterocycles. The lowest BCUT2D eigenvalue weighted by atomic mass is 9.80. The van der Waals surface area contributed by atoms with Gasteiger partial charge < -0.3 is 5.11 Å². The summed E-state index contributed by atoms with van der Waals surface area (Å²) in [4.78, 5) is 4.76. The molecule has 1 N–H and O–H groups in total. The predicted octanol–water partition coefficient (Wildman–Crippen LogP) is 3.17. The zero-order chi connectivity index (χ0) is 11.9. The smallest absolute Gasteiger partial charge is 0.115 e. The Morgan fingerprint density at radius 2 is 2.00 bits per heavy atom. The van der Waals surface area contributed by atoms with Crippen LogP contribution in [0.3, 0.4) is 0 Å². The van der Waals surface area contributed by atoms with E-state index in [0.717, 1.165) is 12.1 Å². The minimum Gasteiger partial charge on any atom is -0.508 e. The Morgan fingerprint density at radius 3 is 2.62 bits per heavy atom. The van der Waals surface area contributed by atoms with Crippen LogP contribution in [0.2, 0.25) is 0 Å². The summed E-state index contributed by atoms with van der Waals surface area (Å²) in [5, 5.41) is 9.52. The van der Waals surface area contributed by atoms with Gasteiger partial charge in [-0.1, -0.05) is 20.8 Å². The van der Waals surface area contributed by atoms with Gasteiger partial charge in [-0.25, -0.2) is 0 Å². The second-order valence-electron chi connectivity index (χ2n) is 5.64. The van der Waals surface area contributed by atoms with Gasteiger partial charge in [0.2, 0.25) is 0 Å². The highest BCUT2D eigenvalue weighted by Crippen LogP contribution is 2.32. The molecule has 1 aromatic rings. The summed E-state index contributed by atoms with van der Waals surface area (Å²) in [7, 11) is 0. The largest absolute Gasteiger partial charge is 0.508 e. The average Bonchev–Trinajstić information content (AvgIpc) is 2.15. The molecule has 0 bridgehead atoms. The minimum atomic E-state index is 0.171. The lowest BCUT2D eigenvalue weighted by Crippen LogP contribution is -2.31. The van der Waals surface area contributed by atoms with E-state index in [2.05, 4.69) is 20.8 Å². The van der Waals surface area contributed by atoms with Gasteiger partial charge in [-0.2, -0.15) is 0 Å². The van der Waals surface area contributed by atoms with Crippen molar-refractivity contribution >= 4 is 5.71 Å². The van der Waals surface area contributed by atoms with Crippen LogP contribution in [-0.2, 0) is 6.42 Å². The maximum Gasteiger partial charge on any atom is 0.115 e. The molecule has 86 valence electrons. The normalized spacial score (nSPS) is 20.2. The van der Waals surface area contributed by atoms with Crippen molar-refractivity contribution in [3.63, 3.8) is 0 Å². The third-order valence-corrected chi connectivity index (χ3v) is 3.24. The van der Waals surface area contributed by atoms with E-state index in [1.54, 1.807) is 6.07 Å². The number of hydrogen-bond donors (Lipinski definition) is 1. The van der Waals surface area contributed by atoms with Crippen molar-refractivity contribution < 1.29 is 5.11 Å². The summed E-state index contributed by atoms with van der Waals surface area (Å²) in [5.74, 6) is 0.348. The molecule has 0 radical (unpaired) electrons. The fourth-order valence-electron chi connectivity index (χ4n) is 2.16. The second-order valence-corrected chi connectivity index (χ2v) is 5.64. The maximum atomic E-state index is 9.52. The molecule has 16 heavy (non-hydrogen) atoms. The van der Waals surface area contributed by atoms with Crippen LogP contribution in [0.1, 0.15) is 38.8 Å². The van der Waals surface area contributed by atoms with Gasteiger partial charge >= 0.3 is 0 Å². The van der Waals surface area contributed by atoms with Crippen LogP contribution in [-0.4, -0.2) is 16.9 Å². The van der Waals surface area contributed by atoms with Crippen LogP contribution in [0, 0.1) is 5.41 Å². The van der Waals surface area contributed by atoms with Gasteiger partial charge in [0, 0.05) is 5.71 Å². The first kappa shape index (κ1) is 11.2. The van der Waals surface area contributed by atoms with Gasteiger partial charge in [0.05, 0.1) is 6.04 Å². The quantitative estimate of drug-likeness (QED) is 0.711. The molecule has 1 aliphatic heterocycles. The molecule has 0 aromatic heterocycles. The van der Waals surface area contributed by atoms with Crippen LogP contribution in [0.5, 0.6) is 5.75 Å². The molecule has 0 saturated heterocycles. The van der Waals surface area contributed by atoms with Gasteiger partial charge in [0.1, 0.15) is 5.75 Å². The molecule has 0 amide bonds. The Hall–Kier alpha value is -1.31. The van der Waals surface area contributed by atoms with E-state index in [0.29, 0.717) is 11.8 Å². The number of aliphatic imine (C=N–C) groups is 1. The number of hydrogen-bond acceptors (Lipinski definition) is 2. The Balaban J connectivity index is 2.44. The molecule has 1 aliphatic rings. The van der Waals surface area contributed by atoms with Crippen molar-refractivity contribution in [1.29, 1.82) is 0 Å². The molecule has 1 aromatic carbocycles. The number of nitrogens with zero attached hydrogens (tertiary/aromatic N) is 1. The Morgan fingerprint density at radius 1 is 1.31 bits per heavy atom. The first-order valence-corrected chi connectivity index (χ1v) is 5.74. The van der Waals surface area contributed by atoms with E-state index in [4.69, 9.17) is 4.99 Å². The zero-order valence-corrected chi connectivity index (χ0v) is 10.4. The summed E-state index contributed by atoms with van der Waals surface area (Å²) in [6.07, 6.45) is 0.921. The van der Waals surface area contributed by atoms with Crippen LogP contribution in [0.4, 0.5) is 0 Å². The topological polar surface area (TPSA) is 32.6 Å². The van der Waals surface area contributed by atoms with Crippen molar-refractivity contribution in [2.45, 2.75) is 40.2 Å². The van der Waals surface area contributed by atoms with Gasteiger partial charge in [-0.15, -0.1) is 0 Å². The van der Waals surface area contributed by atoms with Crippen molar-refractivity contribution in [3.05, 3.63) is 29.3 Å². The fraction of sp³-hybridized carbons (Fsp3) is 0.500. The van der Waals surface area contributed by atoms with Gasteiger partial charge in [0.25, 0.3) is 0 Å². The third kappa shape index (κ3) is 1.97. The van der Waals surface area contributed by atoms with E-state index in [1.807, 2.05) is 19.1 Å². The molecule has 0 fully saturated rings. The second kappa shape index (κ2) is 3.62. The first-order valence-electron chi connectivity index (χ1n) is 5.74. The Labute approximate surface area is 97.0 Å². The first-order chi connectivity index (χ1) is 7.38. The summed E-state index contributed by atoms with van der Waals surface area (Å²) < 4.78 is 0. The lowest BCUT2D eigenvalue weighted by molar-refractivity contribution is 0.318. The SMILES string of the molecule is CC1=NC(C(C)(C)C)Cc2cc(O)ccc21. The molecular weight excluding hydrogens is 198 g/mol. The van der Waals surface area contributed by atoms with Crippen LogP contribution < -0.4 is 0 Å². The fourth-order valence-corrected chi connectivity index (χ4v) is 2.16. The molecular formula is C14H19NO. The van der Waals surface area contributed by atoms with E-state index in [9.17, 15) is 5.11 Å². The third-order valence-electron chi connectivity index (χ3n) is 3.24. The Kier molecular flexibility index (Phi) is 2.53. The summed E-state index contributed by atoms with van der Waals surface area (Å²) in [6, 6.07) is 5.87. The molecule has 2 heteroatoms. The van der Waals surface area contributed by atoms with Crippen LogP contribution >= 0.6 is 0 Å². The maximum absolute atomic E-state index is 9.52. The van der Waals surface area contributed by atoms with Gasteiger partial charge in [-0.3, -0.25) is 4.99 Å². The van der Waals surface area contributed by atoms with Crippen LogP contribution in [0.25, 0.3) is 0 Å². The molecule has 2 rings (SSSR count). The number of rotatable bonds is 0. The predicted molar refractivity (Wildman–Crippen MR) is 67.3 cm³/mol. The minimum absolute atomic E-state index is 0.171. The van der Waals surface area contributed by atoms with Crippen molar-refractivity contribution in [2.75, 3.05) is 0 Å². The number of fused-ring (bicyclic) bond motifs is 1. The summed E-state index contributed by atoms with van der Waals surface area (Å²) in [6.45, 7) is 8.68. The van der Waals surface area contributed by atoms with Crippen molar-refractivity contribution in [1.82, 2.24) is 0 Å². The molecule has 0 spiro atoms. The van der Waals surface area contributed by atoms with Crippen molar-refractivity contribution in [3.8, 4) is 5.75 Å². The van der Waals surface area contributed by atoms with Crippen LogP contribution in [0.15, 0.2) is 23.2 Å². The number of benzene rings is 1. The molecule has 1 atom stereocenters.